The molecule has 4 heteroatoms. The van der Waals surface area contributed by atoms with Gasteiger partial charge in [-0.05, 0) is 24.6 Å². The van der Waals surface area contributed by atoms with Gasteiger partial charge in [0.15, 0.2) is 0 Å². The Balaban J connectivity index is 2.16. The number of hydrogen-bond acceptors (Lipinski definition) is 3. The van der Waals surface area contributed by atoms with E-state index in [0.717, 1.165) is 16.9 Å². The Bertz CT molecular complexity index is 450. The van der Waals surface area contributed by atoms with Crippen LogP contribution in [-0.2, 0) is 6.54 Å². The van der Waals surface area contributed by atoms with E-state index >= 15 is 0 Å². The second-order valence-corrected chi connectivity index (χ2v) is 3.60. The van der Waals surface area contributed by atoms with Crippen LogP contribution in [0.4, 0.5) is 0 Å². The van der Waals surface area contributed by atoms with Crippen molar-refractivity contribution in [2.45, 2.75) is 13.5 Å². The maximum absolute atomic E-state index is 8.63. The highest BCUT2D eigenvalue weighted by atomic mass is 16.3. The van der Waals surface area contributed by atoms with E-state index < -0.39 is 0 Å². The average molecular weight is 205 g/mol. The second kappa shape index (κ2) is 4.42. The number of aliphatic hydroxyl groups excluding tert-OH is 1. The minimum atomic E-state index is 0.152. The summed E-state index contributed by atoms with van der Waals surface area (Å²) in [5.74, 6) is 0.907. The lowest BCUT2D eigenvalue weighted by Gasteiger charge is -1.97. The molecule has 4 nitrogen and oxygen atoms in total. The molecule has 0 aliphatic rings. The van der Waals surface area contributed by atoms with Gasteiger partial charge in [-0.1, -0.05) is 6.07 Å². The predicted octanol–water partition coefficient (Wildman–Crippen LogP) is 0.953. The zero-order chi connectivity index (χ0) is 10.7. The number of benzene rings is 1. The van der Waals surface area contributed by atoms with Crippen molar-refractivity contribution in [1.82, 2.24) is 15.3 Å². The smallest absolute Gasteiger partial charge is 0.121 e. The minimum Gasteiger partial charge on any atom is -0.395 e. The molecule has 0 atom stereocenters. The van der Waals surface area contributed by atoms with E-state index in [9.17, 15) is 0 Å². The van der Waals surface area contributed by atoms with Gasteiger partial charge >= 0.3 is 0 Å². The molecule has 0 amide bonds. The van der Waals surface area contributed by atoms with E-state index in [2.05, 4.69) is 28.3 Å². The van der Waals surface area contributed by atoms with Gasteiger partial charge in [0.1, 0.15) is 5.82 Å². The Kier molecular flexibility index (Phi) is 2.99. The summed E-state index contributed by atoms with van der Waals surface area (Å²) in [6.07, 6.45) is 0. The maximum atomic E-state index is 8.63. The Morgan fingerprint density at radius 3 is 3.13 bits per heavy atom. The van der Waals surface area contributed by atoms with Crippen molar-refractivity contribution in [2.75, 3.05) is 13.2 Å². The first-order chi connectivity index (χ1) is 7.29. The third-order valence-electron chi connectivity index (χ3n) is 2.27. The molecule has 0 aliphatic carbocycles. The van der Waals surface area contributed by atoms with E-state index in [1.165, 1.54) is 5.56 Å². The van der Waals surface area contributed by atoms with Crippen molar-refractivity contribution in [3.8, 4) is 0 Å². The number of nitrogens with one attached hydrogen (secondary N) is 2. The molecule has 2 rings (SSSR count). The van der Waals surface area contributed by atoms with Gasteiger partial charge in [0, 0.05) is 6.54 Å². The fourth-order valence-corrected chi connectivity index (χ4v) is 1.55. The van der Waals surface area contributed by atoms with Gasteiger partial charge in [-0.15, -0.1) is 0 Å². The van der Waals surface area contributed by atoms with Gasteiger partial charge in [-0.2, -0.15) is 0 Å². The number of fused-ring (bicyclic) bond motifs is 1. The van der Waals surface area contributed by atoms with E-state index in [0.29, 0.717) is 13.1 Å². The molecule has 0 saturated heterocycles. The number of imidazole rings is 1. The lowest BCUT2D eigenvalue weighted by molar-refractivity contribution is 0.291. The molecular formula is C11H15N3O. The topological polar surface area (TPSA) is 60.9 Å². The van der Waals surface area contributed by atoms with Gasteiger partial charge in [0.05, 0.1) is 24.2 Å². The summed E-state index contributed by atoms with van der Waals surface area (Å²) in [6.45, 7) is 3.47. The van der Waals surface area contributed by atoms with Crippen LogP contribution in [0.15, 0.2) is 18.2 Å². The first-order valence-corrected chi connectivity index (χ1v) is 5.06. The normalized spacial score (nSPS) is 11.1. The standard InChI is InChI=1S/C11H15N3O/c1-8-2-3-9-10(6-8)14-11(13-9)7-12-4-5-15/h2-3,6,12,15H,4-5,7H2,1H3,(H,13,14). The Morgan fingerprint density at radius 1 is 1.47 bits per heavy atom. The molecule has 0 spiro atoms. The van der Waals surface area contributed by atoms with Gasteiger partial charge in [0.25, 0.3) is 0 Å². The molecule has 0 fully saturated rings. The van der Waals surface area contributed by atoms with Crippen molar-refractivity contribution in [3.63, 3.8) is 0 Å². The summed E-state index contributed by atoms with van der Waals surface area (Å²) in [6, 6.07) is 6.14. The number of aromatic nitrogens is 2. The van der Waals surface area contributed by atoms with Gasteiger partial charge in [-0.25, -0.2) is 4.98 Å². The zero-order valence-corrected chi connectivity index (χ0v) is 8.75. The third kappa shape index (κ3) is 2.34. The molecule has 1 aromatic carbocycles. The van der Waals surface area contributed by atoms with Crippen LogP contribution in [0.5, 0.6) is 0 Å². The van der Waals surface area contributed by atoms with Gasteiger partial charge < -0.3 is 15.4 Å². The largest absolute Gasteiger partial charge is 0.395 e. The molecular weight excluding hydrogens is 190 g/mol. The van der Waals surface area contributed by atoms with Crippen LogP contribution >= 0.6 is 0 Å². The van der Waals surface area contributed by atoms with Gasteiger partial charge in [-0.3, -0.25) is 0 Å². The van der Waals surface area contributed by atoms with Gasteiger partial charge in [0.2, 0.25) is 0 Å². The maximum Gasteiger partial charge on any atom is 0.121 e. The van der Waals surface area contributed by atoms with Crippen molar-refractivity contribution in [1.29, 1.82) is 0 Å². The van der Waals surface area contributed by atoms with Crippen molar-refractivity contribution >= 4 is 11.0 Å². The van der Waals surface area contributed by atoms with Crippen LogP contribution in [-0.4, -0.2) is 28.2 Å². The molecule has 0 bridgehead atoms. The molecule has 0 saturated carbocycles. The highest BCUT2D eigenvalue weighted by Gasteiger charge is 2.01. The third-order valence-corrected chi connectivity index (χ3v) is 2.27. The van der Waals surface area contributed by atoms with E-state index in [1.807, 2.05) is 12.1 Å². The fraction of sp³-hybridized carbons (Fsp3) is 0.364. The van der Waals surface area contributed by atoms with Crippen LogP contribution in [0.3, 0.4) is 0 Å². The lowest BCUT2D eigenvalue weighted by Crippen LogP contribution is -2.18. The molecule has 1 heterocycles. The van der Waals surface area contributed by atoms with Crippen molar-refractivity contribution in [2.24, 2.45) is 0 Å². The molecule has 1 aromatic heterocycles. The SMILES string of the molecule is Cc1ccc2nc(CNCCO)[nH]c2c1. The van der Waals surface area contributed by atoms with Crippen LogP contribution in [0.1, 0.15) is 11.4 Å². The predicted molar refractivity (Wildman–Crippen MR) is 59.6 cm³/mol. The number of nitrogens with zero attached hydrogens (tertiary/aromatic N) is 1. The summed E-state index contributed by atoms with van der Waals surface area (Å²) < 4.78 is 0. The highest BCUT2D eigenvalue weighted by Crippen LogP contribution is 2.12. The van der Waals surface area contributed by atoms with E-state index in [4.69, 9.17) is 5.11 Å². The van der Waals surface area contributed by atoms with Crippen LogP contribution in [0.2, 0.25) is 0 Å². The number of aromatic amines is 1. The van der Waals surface area contributed by atoms with Crippen LogP contribution < -0.4 is 5.32 Å². The number of H-pyrrole nitrogens is 1. The van der Waals surface area contributed by atoms with E-state index in [1.54, 1.807) is 0 Å². The molecule has 15 heavy (non-hydrogen) atoms. The number of rotatable bonds is 4. The zero-order valence-electron chi connectivity index (χ0n) is 8.75. The first-order valence-electron chi connectivity index (χ1n) is 5.06. The number of hydrogen-bond donors (Lipinski definition) is 3. The monoisotopic (exact) mass is 205 g/mol. The molecule has 80 valence electrons. The lowest BCUT2D eigenvalue weighted by atomic mass is 10.2. The van der Waals surface area contributed by atoms with Crippen molar-refractivity contribution < 1.29 is 5.11 Å². The molecule has 0 aliphatic heterocycles. The molecule has 0 unspecified atom stereocenters. The number of aliphatic hydroxyl groups is 1. The Hall–Kier alpha value is -1.39. The van der Waals surface area contributed by atoms with E-state index in [-0.39, 0.29) is 6.61 Å². The van der Waals surface area contributed by atoms with Crippen molar-refractivity contribution in [3.05, 3.63) is 29.6 Å². The summed E-state index contributed by atoms with van der Waals surface area (Å²) in [4.78, 5) is 7.67. The average Bonchev–Trinajstić information content (AvgIpc) is 2.60. The van der Waals surface area contributed by atoms with Crippen LogP contribution in [0.25, 0.3) is 11.0 Å². The fourth-order valence-electron chi connectivity index (χ4n) is 1.55. The number of aryl methyl sites for hydroxylation is 1. The summed E-state index contributed by atoms with van der Waals surface area (Å²) in [5, 5.41) is 11.7. The summed E-state index contributed by atoms with van der Waals surface area (Å²) in [7, 11) is 0. The summed E-state index contributed by atoms with van der Waals surface area (Å²) >= 11 is 0. The van der Waals surface area contributed by atoms with Crippen LogP contribution in [0, 0.1) is 6.92 Å². The summed E-state index contributed by atoms with van der Waals surface area (Å²) in [5.41, 5.74) is 3.28. The molecule has 2 aromatic rings. The quantitative estimate of drug-likeness (QED) is 0.651. The first kappa shape index (κ1) is 10.1. The molecule has 0 radical (unpaired) electrons. The second-order valence-electron chi connectivity index (χ2n) is 3.60. The highest BCUT2D eigenvalue weighted by molar-refractivity contribution is 5.75. The Morgan fingerprint density at radius 2 is 2.33 bits per heavy atom. The minimum absolute atomic E-state index is 0.152. The molecule has 3 N–H and O–H groups in total. The Labute approximate surface area is 88.3 Å².